The first-order valence-electron chi connectivity index (χ1n) is 5.99. The van der Waals surface area contributed by atoms with E-state index in [1.165, 1.54) is 12.1 Å². The van der Waals surface area contributed by atoms with E-state index < -0.39 is 11.6 Å². The molecule has 0 radical (unpaired) electrons. The van der Waals surface area contributed by atoms with Crippen molar-refractivity contribution in [1.29, 1.82) is 0 Å². The zero-order valence-corrected chi connectivity index (χ0v) is 11.0. The minimum Gasteiger partial charge on any atom is -0.362 e. The highest BCUT2D eigenvalue weighted by atomic mass is 19.1. The van der Waals surface area contributed by atoms with Crippen molar-refractivity contribution >= 4 is 5.82 Å². The van der Waals surface area contributed by atoms with Crippen LogP contribution in [0.4, 0.5) is 14.6 Å². The quantitative estimate of drug-likeness (QED) is 0.920. The van der Waals surface area contributed by atoms with Gasteiger partial charge in [-0.05, 0) is 50.1 Å². The van der Waals surface area contributed by atoms with Crippen molar-refractivity contribution in [1.82, 2.24) is 10.2 Å². The summed E-state index contributed by atoms with van der Waals surface area (Å²) < 4.78 is 26.3. The summed E-state index contributed by atoms with van der Waals surface area (Å²) in [6.45, 7) is 5.58. The first-order valence-corrected chi connectivity index (χ1v) is 5.99. The van der Waals surface area contributed by atoms with E-state index in [4.69, 9.17) is 0 Å². The summed E-state index contributed by atoms with van der Waals surface area (Å²) in [7, 11) is 0. The Balaban J connectivity index is 2.22. The van der Waals surface area contributed by atoms with Crippen LogP contribution in [-0.2, 0) is 0 Å². The predicted octanol–water partition coefficient (Wildman–Crippen LogP) is 3.54. The van der Waals surface area contributed by atoms with E-state index in [-0.39, 0.29) is 6.04 Å². The van der Waals surface area contributed by atoms with Crippen LogP contribution in [0.3, 0.4) is 0 Å². The van der Waals surface area contributed by atoms with Crippen molar-refractivity contribution in [2.75, 3.05) is 5.32 Å². The third-order valence-electron chi connectivity index (χ3n) is 2.84. The number of nitrogens with one attached hydrogen (secondary N) is 1. The number of hydrogen-bond donors (Lipinski definition) is 1. The molecule has 0 amide bonds. The summed E-state index contributed by atoms with van der Waals surface area (Å²) in [5.74, 6) is -0.562. The molecule has 0 spiro atoms. The SMILES string of the molecule is Cc1cc(C)c(N[C@H](C)c2cc(F)cc(F)c2)nn1. The number of anilines is 1. The Bertz CT molecular complexity index is 579. The van der Waals surface area contributed by atoms with Gasteiger partial charge in [-0.15, -0.1) is 5.10 Å². The lowest BCUT2D eigenvalue weighted by atomic mass is 10.1. The lowest BCUT2D eigenvalue weighted by molar-refractivity contribution is 0.577. The second kappa shape index (κ2) is 5.30. The van der Waals surface area contributed by atoms with Gasteiger partial charge >= 0.3 is 0 Å². The molecule has 2 aromatic rings. The maximum atomic E-state index is 13.2. The zero-order chi connectivity index (χ0) is 14.0. The third kappa shape index (κ3) is 3.24. The Morgan fingerprint density at radius 1 is 1.00 bits per heavy atom. The molecule has 0 unspecified atom stereocenters. The van der Waals surface area contributed by atoms with E-state index in [0.29, 0.717) is 11.4 Å². The first-order chi connectivity index (χ1) is 8.95. The molecule has 0 aliphatic carbocycles. The van der Waals surface area contributed by atoms with Crippen LogP contribution in [-0.4, -0.2) is 10.2 Å². The minimum atomic E-state index is -0.588. The number of aromatic nitrogens is 2. The second-order valence-electron chi connectivity index (χ2n) is 4.59. The normalized spacial score (nSPS) is 12.3. The van der Waals surface area contributed by atoms with Crippen molar-refractivity contribution in [3.05, 3.63) is 52.7 Å². The largest absolute Gasteiger partial charge is 0.362 e. The van der Waals surface area contributed by atoms with Crippen LogP contribution in [0.1, 0.15) is 29.8 Å². The molecule has 1 aromatic heterocycles. The summed E-state index contributed by atoms with van der Waals surface area (Å²) in [4.78, 5) is 0. The van der Waals surface area contributed by atoms with Gasteiger partial charge < -0.3 is 5.32 Å². The molecule has 0 bridgehead atoms. The molecular formula is C14H15F2N3. The summed E-state index contributed by atoms with van der Waals surface area (Å²) in [5, 5.41) is 11.1. The van der Waals surface area contributed by atoms with Crippen molar-refractivity contribution < 1.29 is 8.78 Å². The molecule has 1 aromatic carbocycles. The van der Waals surface area contributed by atoms with Gasteiger partial charge in [0.15, 0.2) is 5.82 Å². The molecular weight excluding hydrogens is 248 g/mol. The van der Waals surface area contributed by atoms with E-state index in [0.717, 1.165) is 17.3 Å². The van der Waals surface area contributed by atoms with Gasteiger partial charge in [0, 0.05) is 6.07 Å². The van der Waals surface area contributed by atoms with Crippen LogP contribution in [0, 0.1) is 25.5 Å². The van der Waals surface area contributed by atoms with Gasteiger partial charge in [0.05, 0.1) is 11.7 Å². The number of hydrogen-bond acceptors (Lipinski definition) is 3. The van der Waals surface area contributed by atoms with E-state index in [1.807, 2.05) is 26.8 Å². The molecule has 1 atom stereocenters. The van der Waals surface area contributed by atoms with Crippen molar-refractivity contribution in [2.24, 2.45) is 0 Å². The standard InChI is InChI=1S/C14H15F2N3/c1-8-4-9(2)18-19-14(8)17-10(3)11-5-12(15)7-13(16)6-11/h4-7,10H,1-3H3,(H,17,19)/t10-/m1/s1. The lowest BCUT2D eigenvalue weighted by Crippen LogP contribution is -2.10. The number of rotatable bonds is 3. The Morgan fingerprint density at radius 3 is 2.21 bits per heavy atom. The minimum absolute atomic E-state index is 0.263. The highest BCUT2D eigenvalue weighted by molar-refractivity contribution is 5.44. The monoisotopic (exact) mass is 263 g/mol. The van der Waals surface area contributed by atoms with Crippen LogP contribution in [0.15, 0.2) is 24.3 Å². The Labute approximate surface area is 110 Å². The average molecular weight is 263 g/mol. The highest BCUT2D eigenvalue weighted by Crippen LogP contribution is 2.21. The molecule has 1 heterocycles. The summed E-state index contributed by atoms with van der Waals surface area (Å²) in [5.41, 5.74) is 2.29. The van der Waals surface area contributed by atoms with Crippen molar-refractivity contribution in [2.45, 2.75) is 26.8 Å². The molecule has 0 saturated carbocycles. The third-order valence-corrected chi connectivity index (χ3v) is 2.84. The van der Waals surface area contributed by atoms with Crippen molar-refractivity contribution in [3.8, 4) is 0 Å². The fraction of sp³-hybridized carbons (Fsp3) is 0.286. The van der Waals surface area contributed by atoms with Gasteiger partial charge in [0.1, 0.15) is 11.6 Å². The van der Waals surface area contributed by atoms with Crippen LogP contribution < -0.4 is 5.32 Å². The number of nitrogens with zero attached hydrogens (tertiary/aromatic N) is 2. The maximum absolute atomic E-state index is 13.2. The Hall–Kier alpha value is -2.04. The van der Waals surface area contributed by atoms with Gasteiger partial charge in [-0.2, -0.15) is 5.10 Å². The van der Waals surface area contributed by atoms with Gasteiger partial charge in [0.2, 0.25) is 0 Å². The molecule has 0 aliphatic heterocycles. The molecule has 1 N–H and O–H groups in total. The smallest absolute Gasteiger partial charge is 0.152 e. The number of aryl methyl sites for hydroxylation is 2. The van der Waals surface area contributed by atoms with Gasteiger partial charge in [-0.3, -0.25) is 0 Å². The average Bonchev–Trinajstić information content (AvgIpc) is 2.31. The van der Waals surface area contributed by atoms with Gasteiger partial charge in [-0.25, -0.2) is 8.78 Å². The predicted molar refractivity (Wildman–Crippen MR) is 69.9 cm³/mol. The van der Waals surface area contributed by atoms with E-state index >= 15 is 0 Å². The molecule has 19 heavy (non-hydrogen) atoms. The fourth-order valence-corrected chi connectivity index (χ4v) is 1.87. The zero-order valence-electron chi connectivity index (χ0n) is 11.0. The van der Waals surface area contributed by atoms with E-state index in [2.05, 4.69) is 15.5 Å². The van der Waals surface area contributed by atoms with Crippen LogP contribution in [0.2, 0.25) is 0 Å². The molecule has 0 aliphatic rings. The Kier molecular flexibility index (Phi) is 3.74. The second-order valence-corrected chi connectivity index (χ2v) is 4.59. The number of halogens is 2. The summed E-state index contributed by atoms with van der Waals surface area (Å²) >= 11 is 0. The Morgan fingerprint density at radius 2 is 1.63 bits per heavy atom. The molecule has 5 heteroatoms. The van der Waals surface area contributed by atoms with Crippen LogP contribution in [0.25, 0.3) is 0 Å². The van der Waals surface area contributed by atoms with Crippen LogP contribution >= 0.6 is 0 Å². The van der Waals surface area contributed by atoms with E-state index in [1.54, 1.807) is 0 Å². The van der Waals surface area contributed by atoms with Gasteiger partial charge in [-0.1, -0.05) is 0 Å². The summed E-state index contributed by atoms with van der Waals surface area (Å²) in [6, 6.07) is 5.09. The molecule has 3 nitrogen and oxygen atoms in total. The molecule has 2 rings (SSSR count). The topological polar surface area (TPSA) is 37.8 Å². The first kappa shape index (κ1) is 13.4. The van der Waals surface area contributed by atoms with Crippen molar-refractivity contribution in [3.63, 3.8) is 0 Å². The lowest BCUT2D eigenvalue weighted by Gasteiger charge is -2.16. The molecule has 0 saturated heterocycles. The fourth-order valence-electron chi connectivity index (χ4n) is 1.87. The maximum Gasteiger partial charge on any atom is 0.152 e. The van der Waals surface area contributed by atoms with Crippen LogP contribution in [0.5, 0.6) is 0 Å². The van der Waals surface area contributed by atoms with E-state index in [9.17, 15) is 8.78 Å². The van der Waals surface area contributed by atoms with Gasteiger partial charge in [0.25, 0.3) is 0 Å². The summed E-state index contributed by atoms with van der Waals surface area (Å²) in [6.07, 6.45) is 0. The number of benzene rings is 1. The molecule has 0 fully saturated rings. The molecule has 100 valence electrons. The highest BCUT2D eigenvalue weighted by Gasteiger charge is 2.11.